The van der Waals surface area contributed by atoms with Gasteiger partial charge in [-0.2, -0.15) is 0 Å². The van der Waals surface area contributed by atoms with Crippen molar-refractivity contribution in [3.63, 3.8) is 0 Å². The van der Waals surface area contributed by atoms with Crippen LogP contribution in [0.5, 0.6) is 0 Å². The third kappa shape index (κ3) is 4.35. The summed E-state index contributed by atoms with van der Waals surface area (Å²) in [4.78, 5) is 11.1. The lowest BCUT2D eigenvalue weighted by atomic mass is 9.98. The molecular weight excluding hydrogens is 224 g/mol. The lowest BCUT2D eigenvalue weighted by molar-refractivity contribution is 0.162. The number of nitrogens with one attached hydrogen (secondary N) is 1. The molecule has 2 rings (SSSR count). The fourth-order valence-corrected chi connectivity index (χ4v) is 2.56. The largest absolute Gasteiger partial charge is 0.316 e. The molecule has 18 heavy (non-hydrogen) atoms. The quantitative estimate of drug-likeness (QED) is 0.778. The van der Waals surface area contributed by atoms with Crippen molar-refractivity contribution < 1.29 is 0 Å². The highest BCUT2D eigenvalue weighted by atomic mass is 15.2. The maximum atomic E-state index is 4.30. The van der Waals surface area contributed by atoms with E-state index in [1.54, 1.807) is 0 Å². The molecule has 1 unspecified atom stereocenters. The van der Waals surface area contributed by atoms with Gasteiger partial charge in [0.15, 0.2) is 0 Å². The van der Waals surface area contributed by atoms with E-state index in [1.807, 2.05) is 18.5 Å². The second-order valence-corrected chi connectivity index (χ2v) is 5.11. The van der Waals surface area contributed by atoms with Gasteiger partial charge in [0, 0.05) is 18.9 Å². The summed E-state index contributed by atoms with van der Waals surface area (Å²) in [5.74, 6) is 1.73. The average Bonchev–Trinajstić information content (AvgIpc) is 2.41. The van der Waals surface area contributed by atoms with Crippen LogP contribution in [0.25, 0.3) is 0 Å². The van der Waals surface area contributed by atoms with Crippen LogP contribution in [-0.2, 0) is 6.54 Å². The predicted molar refractivity (Wildman–Crippen MR) is 73.2 cm³/mol. The molecule has 2 heterocycles. The summed E-state index contributed by atoms with van der Waals surface area (Å²) >= 11 is 0. The number of nitrogens with zero attached hydrogens (tertiary/aromatic N) is 3. The van der Waals surface area contributed by atoms with E-state index in [-0.39, 0.29) is 0 Å². The first-order chi connectivity index (χ1) is 8.88. The minimum absolute atomic E-state index is 0.786. The Kier molecular flexibility index (Phi) is 5.55. The SMILES string of the molecule is CCCNCC1CCCN(Cc2ncccn2)C1. The highest BCUT2D eigenvalue weighted by molar-refractivity contribution is 4.89. The number of hydrogen-bond donors (Lipinski definition) is 1. The zero-order chi connectivity index (χ0) is 12.6. The molecule has 1 aliphatic heterocycles. The van der Waals surface area contributed by atoms with Crippen molar-refractivity contribution in [1.29, 1.82) is 0 Å². The van der Waals surface area contributed by atoms with Gasteiger partial charge in [-0.25, -0.2) is 9.97 Å². The zero-order valence-corrected chi connectivity index (χ0v) is 11.3. The Bertz CT molecular complexity index is 328. The van der Waals surface area contributed by atoms with Gasteiger partial charge in [0.2, 0.25) is 0 Å². The van der Waals surface area contributed by atoms with Gasteiger partial charge in [-0.15, -0.1) is 0 Å². The molecule has 1 N–H and O–H groups in total. The molecule has 0 spiro atoms. The molecule has 1 aromatic rings. The second-order valence-electron chi connectivity index (χ2n) is 5.11. The van der Waals surface area contributed by atoms with Crippen LogP contribution in [0.1, 0.15) is 32.0 Å². The standard InChI is InChI=1S/C14H24N4/c1-2-6-15-10-13-5-3-9-18(11-13)12-14-16-7-4-8-17-14/h4,7-8,13,15H,2-3,5-6,9-12H2,1H3. The van der Waals surface area contributed by atoms with Gasteiger partial charge in [-0.05, 0) is 50.9 Å². The molecule has 0 amide bonds. The van der Waals surface area contributed by atoms with Gasteiger partial charge in [0.25, 0.3) is 0 Å². The molecule has 0 bridgehead atoms. The Balaban J connectivity index is 1.76. The van der Waals surface area contributed by atoms with Crippen molar-refractivity contribution in [3.05, 3.63) is 24.3 Å². The van der Waals surface area contributed by atoms with Crippen LogP contribution in [0.4, 0.5) is 0 Å². The predicted octanol–water partition coefficient (Wildman–Crippen LogP) is 1.69. The maximum absolute atomic E-state index is 4.30. The summed E-state index contributed by atoms with van der Waals surface area (Å²) < 4.78 is 0. The molecule has 1 saturated heterocycles. The molecule has 100 valence electrons. The summed E-state index contributed by atoms with van der Waals surface area (Å²) in [6.07, 6.45) is 7.52. The van der Waals surface area contributed by atoms with Crippen molar-refractivity contribution >= 4 is 0 Å². The third-order valence-electron chi connectivity index (χ3n) is 3.45. The van der Waals surface area contributed by atoms with E-state index in [1.165, 1.54) is 32.4 Å². The maximum Gasteiger partial charge on any atom is 0.142 e. The summed E-state index contributed by atoms with van der Waals surface area (Å²) in [6.45, 7) is 7.76. The molecule has 1 fully saturated rings. The van der Waals surface area contributed by atoms with E-state index >= 15 is 0 Å². The van der Waals surface area contributed by atoms with Gasteiger partial charge in [-0.3, -0.25) is 4.90 Å². The monoisotopic (exact) mass is 248 g/mol. The van der Waals surface area contributed by atoms with Crippen molar-refractivity contribution in [2.24, 2.45) is 5.92 Å². The molecule has 4 heteroatoms. The summed E-state index contributed by atoms with van der Waals surface area (Å²) in [5, 5.41) is 3.53. The smallest absolute Gasteiger partial charge is 0.142 e. The Morgan fingerprint density at radius 1 is 1.39 bits per heavy atom. The van der Waals surface area contributed by atoms with E-state index in [2.05, 4.69) is 27.1 Å². The Morgan fingerprint density at radius 2 is 2.22 bits per heavy atom. The van der Waals surface area contributed by atoms with E-state index < -0.39 is 0 Å². The Morgan fingerprint density at radius 3 is 3.00 bits per heavy atom. The summed E-state index contributed by atoms with van der Waals surface area (Å²) in [7, 11) is 0. The molecule has 0 aromatic carbocycles. The zero-order valence-electron chi connectivity index (χ0n) is 11.3. The van der Waals surface area contributed by atoms with Gasteiger partial charge in [0.05, 0.1) is 6.54 Å². The fourth-order valence-electron chi connectivity index (χ4n) is 2.56. The fraction of sp³-hybridized carbons (Fsp3) is 0.714. The molecule has 0 aliphatic carbocycles. The lowest BCUT2D eigenvalue weighted by Gasteiger charge is -2.32. The van der Waals surface area contributed by atoms with Crippen LogP contribution >= 0.6 is 0 Å². The van der Waals surface area contributed by atoms with E-state index in [9.17, 15) is 0 Å². The second kappa shape index (κ2) is 7.44. The topological polar surface area (TPSA) is 41.0 Å². The summed E-state index contributed by atoms with van der Waals surface area (Å²) in [5.41, 5.74) is 0. The van der Waals surface area contributed by atoms with E-state index in [4.69, 9.17) is 0 Å². The average molecular weight is 248 g/mol. The van der Waals surface area contributed by atoms with Crippen LogP contribution < -0.4 is 5.32 Å². The molecule has 0 saturated carbocycles. The first-order valence-corrected chi connectivity index (χ1v) is 7.07. The van der Waals surface area contributed by atoms with Crippen LogP contribution in [0, 0.1) is 5.92 Å². The molecule has 4 nitrogen and oxygen atoms in total. The summed E-state index contributed by atoms with van der Waals surface area (Å²) in [6, 6.07) is 1.87. The molecule has 1 atom stereocenters. The molecular formula is C14H24N4. The van der Waals surface area contributed by atoms with Gasteiger partial charge in [-0.1, -0.05) is 6.92 Å². The van der Waals surface area contributed by atoms with Gasteiger partial charge in [0.1, 0.15) is 5.82 Å². The first kappa shape index (κ1) is 13.4. The van der Waals surface area contributed by atoms with Crippen LogP contribution in [0.15, 0.2) is 18.5 Å². The molecule has 0 radical (unpaired) electrons. The normalized spacial score (nSPS) is 21.1. The van der Waals surface area contributed by atoms with Gasteiger partial charge >= 0.3 is 0 Å². The van der Waals surface area contributed by atoms with Crippen molar-refractivity contribution in [3.8, 4) is 0 Å². The Labute approximate surface area is 110 Å². The van der Waals surface area contributed by atoms with Gasteiger partial charge < -0.3 is 5.32 Å². The van der Waals surface area contributed by atoms with E-state index in [0.717, 1.165) is 31.4 Å². The number of piperidine rings is 1. The number of aromatic nitrogens is 2. The first-order valence-electron chi connectivity index (χ1n) is 7.07. The Hall–Kier alpha value is -1.00. The van der Waals surface area contributed by atoms with Crippen LogP contribution in [-0.4, -0.2) is 41.0 Å². The number of rotatable bonds is 6. The van der Waals surface area contributed by atoms with Crippen LogP contribution in [0.2, 0.25) is 0 Å². The number of hydrogen-bond acceptors (Lipinski definition) is 4. The van der Waals surface area contributed by atoms with Crippen LogP contribution in [0.3, 0.4) is 0 Å². The minimum atomic E-state index is 0.786. The van der Waals surface area contributed by atoms with Crippen molar-refractivity contribution in [1.82, 2.24) is 20.2 Å². The minimum Gasteiger partial charge on any atom is -0.316 e. The van der Waals surface area contributed by atoms with Crippen molar-refractivity contribution in [2.45, 2.75) is 32.7 Å². The highest BCUT2D eigenvalue weighted by Gasteiger charge is 2.19. The number of likely N-dealkylation sites (tertiary alicyclic amines) is 1. The lowest BCUT2D eigenvalue weighted by Crippen LogP contribution is -2.39. The van der Waals surface area contributed by atoms with E-state index in [0.29, 0.717) is 0 Å². The highest BCUT2D eigenvalue weighted by Crippen LogP contribution is 2.16. The third-order valence-corrected chi connectivity index (χ3v) is 3.45. The molecule has 1 aromatic heterocycles. The van der Waals surface area contributed by atoms with Crippen molar-refractivity contribution in [2.75, 3.05) is 26.2 Å². The molecule has 1 aliphatic rings.